The molecule has 0 aliphatic carbocycles. The van der Waals surface area contributed by atoms with E-state index in [1.165, 1.54) is 4.70 Å². The van der Waals surface area contributed by atoms with E-state index in [-0.39, 0.29) is 12.6 Å². The average Bonchev–Trinajstić information content (AvgIpc) is 3.15. The molecule has 112 valence electrons. The van der Waals surface area contributed by atoms with Crippen LogP contribution in [0.5, 0.6) is 0 Å². The Hall–Kier alpha value is -1.30. The van der Waals surface area contributed by atoms with E-state index >= 15 is 0 Å². The third kappa shape index (κ3) is 3.87. The van der Waals surface area contributed by atoms with Crippen molar-refractivity contribution in [1.29, 1.82) is 0 Å². The van der Waals surface area contributed by atoms with Gasteiger partial charge in [0.2, 0.25) is 0 Å². The van der Waals surface area contributed by atoms with E-state index in [1.54, 1.807) is 11.3 Å². The maximum atomic E-state index is 9.20. The summed E-state index contributed by atoms with van der Waals surface area (Å²) in [6, 6.07) is 6.30. The van der Waals surface area contributed by atoms with E-state index in [0.29, 0.717) is 12.5 Å². The van der Waals surface area contributed by atoms with Gasteiger partial charge in [0.05, 0.1) is 27.9 Å². The van der Waals surface area contributed by atoms with Crippen molar-refractivity contribution in [3.8, 4) is 0 Å². The van der Waals surface area contributed by atoms with Crippen molar-refractivity contribution in [3.63, 3.8) is 0 Å². The molecule has 0 amide bonds. The summed E-state index contributed by atoms with van der Waals surface area (Å²) in [5, 5.41) is 9.20. The number of hydrogen-bond acceptors (Lipinski definition) is 5. The lowest BCUT2D eigenvalue weighted by Gasteiger charge is -2.15. The van der Waals surface area contributed by atoms with Crippen molar-refractivity contribution in [2.45, 2.75) is 37.8 Å². The van der Waals surface area contributed by atoms with Gasteiger partial charge in [0, 0.05) is 19.4 Å². The molecule has 1 aliphatic heterocycles. The van der Waals surface area contributed by atoms with Crippen LogP contribution in [-0.2, 0) is 4.74 Å². The molecule has 21 heavy (non-hydrogen) atoms. The van der Waals surface area contributed by atoms with Crippen molar-refractivity contribution in [2.75, 3.05) is 13.2 Å². The summed E-state index contributed by atoms with van der Waals surface area (Å²) in [7, 11) is 0. The molecule has 1 aromatic heterocycles. The number of aliphatic hydroxyl groups excluding tert-OH is 1. The smallest absolute Gasteiger partial charge is 0.0812 e. The maximum Gasteiger partial charge on any atom is 0.0812 e. The van der Waals surface area contributed by atoms with Crippen molar-refractivity contribution in [2.24, 2.45) is 4.99 Å². The second-order valence-electron chi connectivity index (χ2n) is 5.39. The summed E-state index contributed by atoms with van der Waals surface area (Å²) in [5.74, 6) is 0. The molecule has 3 rings (SSSR count). The second-order valence-corrected chi connectivity index (χ2v) is 6.28. The largest absolute Gasteiger partial charge is 0.396 e. The molecule has 0 bridgehead atoms. The fourth-order valence-corrected chi connectivity index (χ4v) is 3.40. The lowest BCUT2D eigenvalue weighted by molar-refractivity contribution is 0.0957. The number of fused-ring (bicyclic) bond motifs is 1. The second kappa shape index (κ2) is 7.11. The SMILES string of the molecule is OCCC(CC1CCCO1)N=Cc1ccc2ncsc2c1. The van der Waals surface area contributed by atoms with Crippen molar-refractivity contribution in [1.82, 2.24) is 4.98 Å². The molecule has 2 atom stereocenters. The average molecular weight is 304 g/mol. The Kier molecular flexibility index (Phi) is 4.95. The lowest BCUT2D eigenvalue weighted by atomic mass is 10.0. The number of rotatable bonds is 6. The van der Waals surface area contributed by atoms with Gasteiger partial charge in [0.25, 0.3) is 0 Å². The van der Waals surface area contributed by atoms with Crippen LogP contribution in [0.1, 0.15) is 31.2 Å². The monoisotopic (exact) mass is 304 g/mol. The lowest BCUT2D eigenvalue weighted by Crippen LogP contribution is -2.17. The summed E-state index contributed by atoms with van der Waals surface area (Å²) in [4.78, 5) is 8.93. The summed E-state index contributed by atoms with van der Waals surface area (Å²) in [5.41, 5.74) is 3.97. The molecule has 0 spiro atoms. The minimum Gasteiger partial charge on any atom is -0.396 e. The minimum absolute atomic E-state index is 0.134. The van der Waals surface area contributed by atoms with Crippen molar-refractivity contribution < 1.29 is 9.84 Å². The molecule has 1 fully saturated rings. The van der Waals surface area contributed by atoms with E-state index < -0.39 is 0 Å². The number of aliphatic imine (C=N–C) groups is 1. The Balaban J connectivity index is 1.67. The highest BCUT2D eigenvalue weighted by Crippen LogP contribution is 2.21. The minimum atomic E-state index is 0.134. The number of aromatic nitrogens is 1. The number of nitrogens with zero attached hydrogens (tertiary/aromatic N) is 2. The fourth-order valence-electron chi connectivity index (χ4n) is 2.68. The van der Waals surface area contributed by atoms with Crippen molar-refractivity contribution in [3.05, 3.63) is 29.3 Å². The number of thiazole rings is 1. The number of benzene rings is 1. The van der Waals surface area contributed by atoms with Gasteiger partial charge in [-0.25, -0.2) is 4.98 Å². The Morgan fingerprint density at radius 3 is 3.29 bits per heavy atom. The highest BCUT2D eigenvalue weighted by Gasteiger charge is 2.19. The van der Waals surface area contributed by atoms with Crippen LogP contribution in [0.15, 0.2) is 28.7 Å². The van der Waals surface area contributed by atoms with Gasteiger partial charge in [-0.15, -0.1) is 11.3 Å². The molecule has 1 N–H and O–H groups in total. The number of aliphatic hydroxyl groups is 1. The van der Waals surface area contributed by atoms with E-state index in [9.17, 15) is 5.11 Å². The Labute approximate surface area is 128 Å². The Morgan fingerprint density at radius 2 is 2.48 bits per heavy atom. The molecule has 0 saturated carbocycles. The molecule has 2 unspecified atom stereocenters. The van der Waals surface area contributed by atoms with Crippen LogP contribution in [0.4, 0.5) is 0 Å². The van der Waals surface area contributed by atoms with Crippen LogP contribution >= 0.6 is 11.3 Å². The van der Waals surface area contributed by atoms with Gasteiger partial charge < -0.3 is 9.84 Å². The summed E-state index contributed by atoms with van der Waals surface area (Å²) in [6.07, 6.45) is 6.07. The van der Waals surface area contributed by atoms with Gasteiger partial charge in [0.1, 0.15) is 0 Å². The maximum absolute atomic E-state index is 9.20. The number of ether oxygens (including phenoxy) is 1. The molecule has 5 heteroatoms. The van der Waals surface area contributed by atoms with Crippen LogP contribution in [-0.4, -0.2) is 41.7 Å². The van der Waals surface area contributed by atoms with Crippen LogP contribution in [0.2, 0.25) is 0 Å². The summed E-state index contributed by atoms with van der Waals surface area (Å²) < 4.78 is 6.84. The highest BCUT2D eigenvalue weighted by molar-refractivity contribution is 7.16. The zero-order chi connectivity index (χ0) is 14.5. The van der Waals surface area contributed by atoms with Gasteiger partial charge in [-0.2, -0.15) is 0 Å². The first-order valence-corrected chi connectivity index (χ1v) is 8.32. The first-order chi connectivity index (χ1) is 10.3. The molecule has 1 saturated heterocycles. The van der Waals surface area contributed by atoms with Crippen LogP contribution in [0, 0.1) is 0 Å². The predicted octanol–water partition coefficient (Wildman–Crippen LogP) is 3.04. The third-order valence-corrected chi connectivity index (χ3v) is 4.60. The third-order valence-electron chi connectivity index (χ3n) is 3.81. The zero-order valence-electron chi connectivity index (χ0n) is 11.9. The molecular weight excluding hydrogens is 284 g/mol. The first-order valence-electron chi connectivity index (χ1n) is 7.44. The standard InChI is InChI=1S/C16H20N2O2S/c19-6-5-13(9-14-2-1-7-20-14)17-10-12-3-4-15-16(8-12)21-11-18-15/h3-4,8,10-11,13-14,19H,1-2,5-7,9H2. The Morgan fingerprint density at radius 1 is 1.52 bits per heavy atom. The Bertz CT molecular complexity index is 605. The summed E-state index contributed by atoms with van der Waals surface area (Å²) in [6.45, 7) is 1.03. The van der Waals surface area contributed by atoms with Gasteiger partial charge >= 0.3 is 0 Å². The van der Waals surface area contributed by atoms with Gasteiger partial charge in [-0.05, 0) is 43.4 Å². The van der Waals surface area contributed by atoms with Crippen LogP contribution in [0.25, 0.3) is 10.2 Å². The van der Waals surface area contributed by atoms with Gasteiger partial charge in [0.15, 0.2) is 0 Å². The topological polar surface area (TPSA) is 54.7 Å². The van der Waals surface area contributed by atoms with E-state index in [4.69, 9.17) is 4.74 Å². The van der Waals surface area contributed by atoms with Crippen LogP contribution < -0.4 is 0 Å². The van der Waals surface area contributed by atoms with Crippen molar-refractivity contribution >= 4 is 27.8 Å². The molecule has 1 aliphatic rings. The molecule has 4 nitrogen and oxygen atoms in total. The van der Waals surface area contributed by atoms with E-state index in [0.717, 1.165) is 36.9 Å². The fraction of sp³-hybridized carbons (Fsp3) is 0.500. The molecular formula is C16H20N2O2S. The van der Waals surface area contributed by atoms with Gasteiger partial charge in [-0.1, -0.05) is 6.07 Å². The van der Waals surface area contributed by atoms with Gasteiger partial charge in [-0.3, -0.25) is 4.99 Å². The highest BCUT2D eigenvalue weighted by atomic mass is 32.1. The quantitative estimate of drug-likeness (QED) is 0.835. The molecule has 1 aromatic carbocycles. The molecule has 2 aromatic rings. The van der Waals surface area contributed by atoms with E-state index in [1.807, 2.05) is 23.9 Å². The summed E-state index contributed by atoms with van der Waals surface area (Å²) >= 11 is 1.64. The first kappa shape index (κ1) is 14.6. The molecule has 0 radical (unpaired) electrons. The normalized spacial score (nSPS) is 20.5. The van der Waals surface area contributed by atoms with E-state index in [2.05, 4.69) is 16.0 Å². The molecule has 2 heterocycles. The predicted molar refractivity (Wildman–Crippen MR) is 86.3 cm³/mol. The van der Waals surface area contributed by atoms with Crippen LogP contribution in [0.3, 0.4) is 0 Å². The number of hydrogen-bond donors (Lipinski definition) is 1. The zero-order valence-corrected chi connectivity index (χ0v) is 12.8.